The Morgan fingerprint density at radius 2 is 1.84 bits per heavy atom. The lowest BCUT2D eigenvalue weighted by Crippen LogP contribution is -2.23. The predicted molar refractivity (Wildman–Crippen MR) is 126 cm³/mol. The molecule has 6 nitrogen and oxygen atoms in total. The molecule has 0 saturated heterocycles. The second-order valence-electron chi connectivity index (χ2n) is 8.94. The van der Waals surface area contributed by atoms with E-state index >= 15 is 0 Å². The lowest BCUT2D eigenvalue weighted by atomic mass is 9.89. The van der Waals surface area contributed by atoms with E-state index in [9.17, 15) is 13.6 Å². The van der Waals surface area contributed by atoms with Gasteiger partial charge in [0.05, 0.1) is 28.1 Å². The third-order valence-electron chi connectivity index (χ3n) is 6.15. The molecular formula is C24H31F2N5O. The molecule has 0 atom stereocenters. The Balaban J connectivity index is 1.70. The second-order valence-corrected chi connectivity index (χ2v) is 8.94. The molecule has 1 fully saturated rings. The first-order chi connectivity index (χ1) is 15.4. The Kier molecular flexibility index (Phi) is 6.79. The lowest BCUT2D eigenvalue weighted by molar-refractivity contribution is 0.319. The number of likely N-dealkylation sites (N-methyl/N-ethyl adjacent to an activating group) is 1. The van der Waals surface area contributed by atoms with Gasteiger partial charge >= 0.3 is 5.69 Å². The van der Waals surface area contributed by atoms with Gasteiger partial charge in [0.1, 0.15) is 11.6 Å². The van der Waals surface area contributed by atoms with E-state index in [1.807, 2.05) is 30.8 Å². The van der Waals surface area contributed by atoms with Gasteiger partial charge < -0.3 is 20.5 Å². The minimum atomic E-state index is -0.673. The van der Waals surface area contributed by atoms with Crippen molar-refractivity contribution in [3.8, 4) is 0 Å². The summed E-state index contributed by atoms with van der Waals surface area (Å²) >= 11 is 0. The molecule has 0 spiro atoms. The van der Waals surface area contributed by atoms with Crippen LogP contribution in [0.2, 0.25) is 0 Å². The van der Waals surface area contributed by atoms with Crippen molar-refractivity contribution < 1.29 is 8.78 Å². The van der Waals surface area contributed by atoms with Crippen LogP contribution < -0.4 is 16.3 Å². The van der Waals surface area contributed by atoms with Crippen LogP contribution in [-0.2, 0) is 6.54 Å². The van der Waals surface area contributed by atoms with Crippen molar-refractivity contribution in [2.24, 2.45) is 5.92 Å². The lowest BCUT2D eigenvalue weighted by Gasteiger charge is -2.22. The zero-order valence-electron chi connectivity index (χ0n) is 18.7. The number of anilines is 3. The topological polar surface area (TPSA) is 65.1 Å². The van der Waals surface area contributed by atoms with Crippen molar-refractivity contribution >= 4 is 28.1 Å². The van der Waals surface area contributed by atoms with Gasteiger partial charge in [0.25, 0.3) is 0 Å². The molecule has 1 heterocycles. The number of fused-ring (bicyclic) bond motifs is 1. The number of hydrogen-bond donors (Lipinski definition) is 3. The molecule has 8 heteroatoms. The monoisotopic (exact) mass is 443 g/mol. The van der Waals surface area contributed by atoms with Crippen molar-refractivity contribution in [1.82, 2.24) is 14.5 Å². The molecule has 32 heavy (non-hydrogen) atoms. The van der Waals surface area contributed by atoms with Crippen LogP contribution >= 0.6 is 0 Å². The Hall–Kier alpha value is -2.87. The molecule has 0 radical (unpaired) electrons. The molecular weight excluding hydrogens is 412 g/mol. The van der Waals surface area contributed by atoms with Gasteiger partial charge in [-0.05, 0) is 57.1 Å². The summed E-state index contributed by atoms with van der Waals surface area (Å²) < 4.78 is 29.4. The molecule has 4 rings (SSSR count). The normalized spacial score (nSPS) is 14.9. The second kappa shape index (κ2) is 9.73. The highest BCUT2D eigenvalue weighted by Crippen LogP contribution is 2.32. The Bertz CT molecular complexity index is 1130. The number of rotatable bonds is 8. The first kappa shape index (κ1) is 22.3. The van der Waals surface area contributed by atoms with E-state index in [-0.39, 0.29) is 11.4 Å². The molecule has 1 aliphatic rings. The van der Waals surface area contributed by atoms with Gasteiger partial charge in [-0.15, -0.1) is 0 Å². The maximum absolute atomic E-state index is 14.3. The van der Waals surface area contributed by atoms with Crippen LogP contribution in [0.4, 0.5) is 25.8 Å². The highest BCUT2D eigenvalue weighted by atomic mass is 19.1. The third kappa shape index (κ3) is 5.12. The van der Waals surface area contributed by atoms with E-state index in [0.29, 0.717) is 30.2 Å². The van der Waals surface area contributed by atoms with Crippen LogP contribution in [0.15, 0.2) is 35.1 Å². The fraction of sp³-hybridized carbons (Fsp3) is 0.458. The smallest absolute Gasteiger partial charge is 0.326 e. The number of aromatic amines is 1. The molecule has 0 bridgehead atoms. The fourth-order valence-corrected chi connectivity index (χ4v) is 4.41. The Morgan fingerprint density at radius 1 is 1.06 bits per heavy atom. The maximum Gasteiger partial charge on any atom is 0.326 e. The summed E-state index contributed by atoms with van der Waals surface area (Å²) in [6.07, 6.45) is 6.01. The number of hydrogen-bond acceptors (Lipinski definition) is 4. The van der Waals surface area contributed by atoms with Crippen LogP contribution in [0.3, 0.4) is 0 Å². The summed E-state index contributed by atoms with van der Waals surface area (Å²) in [6.45, 7) is 2.19. The minimum Gasteiger partial charge on any atom is -0.382 e. The average molecular weight is 444 g/mol. The number of H-pyrrole nitrogens is 1. The first-order valence-corrected chi connectivity index (χ1v) is 11.3. The van der Waals surface area contributed by atoms with Gasteiger partial charge in [-0.25, -0.2) is 13.6 Å². The van der Waals surface area contributed by atoms with Crippen LogP contribution in [0.5, 0.6) is 0 Å². The first-order valence-electron chi connectivity index (χ1n) is 11.3. The fourth-order valence-electron chi connectivity index (χ4n) is 4.41. The number of imidazole rings is 1. The molecule has 0 amide bonds. The van der Waals surface area contributed by atoms with E-state index in [2.05, 4.69) is 20.5 Å². The highest BCUT2D eigenvalue weighted by molar-refractivity contribution is 5.89. The van der Waals surface area contributed by atoms with Gasteiger partial charge in [0.2, 0.25) is 0 Å². The highest BCUT2D eigenvalue weighted by Gasteiger charge is 2.18. The molecule has 0 unspecified atom stereocenters. The van der Waals surface area contributed by atoms with Gasteiger partial charge in [-0.3, -0.25) is 4.57 Å². The molecule has 3 aromatic rings. The molecule has 1 aliphatic carbocycles. The van der Waals surface area contributed by atoms with Crippen LogP contribution in [0.25, 0.3) is 11.0 Å². The summed E-state index contributed by atoms with van der Waals surface area (Å²) in [7, 11) is 3.98. The van der Waals surface area contributed by atoms with Crippen LogP contribution in [0.1, 0.15) is 32.1 Å². The van der Waals surface area contributed by atoms with Crippen molar-refractivity contribution in [3.05, 3.63) is 52.5 Å². The van der Waals surface area contributed by atoms with Gasteiger partial charge in [0.15, 0.2) is 0 Å². The number of nitrogens with one attached hydrogen (secondary N) is 3. The van der Waals surface area contributed by atoms with E-state index in [1.165, 1.54) is 31.4 Å². The summed E-state index contributed by atoms with van der Waals surface area (Å²) in [6, 6.07) is 7.19. The molecule has 3 N–H and O–H groups in total. The molecule has 0 aliphatic heterocycles. The summed E-state index contributed by atoms with van der Waals surface area (Å²) in [5.41, 5.74) is 2.94. The van der Waals surface area contributed by atoms with E-state index in [0.717, 1.165) is 36.7 Å². The van der Waals surface area contributed by atoms with Crippen molar-refractivity contribution in [2.75, 3.05) is 37.8 Å². The zero-order chi connectivity index (χ0) is 22.7. The average Bonchev–Trinajstić information content (AvgIpc) is 3.05. The van der Waals surface area contributed by atoms with E-state index in [1.54, 1.807) is 0 Å². The summed E-state index contributed by atoms with van der Waals surface area (Å²) in [5, 5.41) is 6.46. The SMILES string of the molecule is CN(C)CCNc1cc2c(cc1Nc1ccc(F)cc1F)[nH]c(=O)n2CC1CCCCC1. The van der Waals surface area contributed by atoms with Crippen molar-refractivity contribution in [1.29, 1.82) is 0 Å². The number of nitrogens with zero attached hydrogens (tertiary/aromatic N) is 2. The molecule has 2 aromatic carbocycles. The van der Waals surface area contributed by atoms with Crippen molar-refractivity contribution in [3.63, 3.8) is 0 Å². The zero-order valence-corrected chi connectivity index (χ0v) is 18.7. The summed E-state index contributed by atoms with van der Waals surface area (Å²) in [4.78, 5) is 17.8. The third-order valence-corrected chi connectivity index (χ3v) is 6.15. The van der Waals surface area contributed by atoms with Crippen LogP contribution in [-0.4, -0.2) is 41.6 Å². The Morgan fingerprint density at radius 3 is 2.56 bits per heavy atom. The summed E-state index contributed by atoms with van der Waals surface area (Å²) in [5.74, 6) is -0.790. The number of halogens is 2. The Labute approximate surface area is 186 Å². The minimum absolute atomic E-state index is 0.130. The van der Waals surface area contributed by atoms with Gasteiger partial charge in [-0.2, -0.15) is 0 Å². The number of benzene rings is 2. The molecule has 1 aromatic heterocycles. The van der Waals surface area contributed by atoms with Crippen molar-refractivity contribution in [2.45, 2.75) is 38.6 Å². The number of aromatic nitrogens is 2. The largest absolute Gasteiger partial charge is 0.382 e. The van der Waals surface area contributed by atoms with Gasteiger partial charge in [0, 0.05) is 25.7 Å². The van der Waals surface area contributed by atoms with E-state index in [4.69, 9.17) is 0 Å². The quantitative estimate of drug-likeness (QED) is 0.463. The van der Waals surface area contributed by atoms with E-state index < -0.39 is 11.6 Å². The molecule has 1 saturated carbocycles. The maximum atomic E-state index is 14.3. The van der Waals surface area contributed by atoms with Gasteiger partial charge in [-0.1, -0.05) is 19.3 Å². The standard InChI is InChI=1S/C24H31F2N5O/c1-30(2)11-10-27-20-14-23-22(13-21(20)28-19-9-8-17(25)12-18(19)26)29-24(32)31(23)15-16-6-4-3-5-7-16/h8-9,12-14,16,27-28H,3-7,10-11,15H2,1-2H3,(H,29,32). The predicted octanol–water partition coefficient (Wildman–Crippen LogP) is 4.91. The van der Waals surface area contributed by atoms with Crippen LogP contribution in [0, 0.1) is 17.6 Å². The molecule has 172 valence electrons.